The minimum atomic E-state index is -0.644. The first kappa shape index (κ1) is 25.2. The number of amides is 1. The molecule has 0 aromatic carbocycles. The fourth-order valence-corrected chi connectivity index (χ4v) is 10.5. The van der Waals surface area contributed by atoms with Crippen molar-refractivity contribution in [2.45, 2.75) is 87.0 Å². The summed E-state index contributed by atoms with van der Waals surface area (Å²) in [4.78, 5) is 40.1. The maximum absolute atomic E-state index is 14.2. The maximum atomic E-state index is 14.2. The molecule has 0 aromatic rings. The van der Waals surface area contributed by atoms with Crippen LogP contribution < -0.4 is 11.3 Å². The molecule has 5 nitrogen and oxygen atoms in total. The van der Waals surface area contributed by atoms with E-state index in [1.807, 2.05) is 0 Å². The fraction of sp³-hybridized carbons (Fsp3) is 0.833. The first-order valence-electron chi connectivity index (χ1n) is 14.0. The van der Waals surface area contributed by atoms with Crippen LogP contribution in [0.15, 0.2) is 12.2 Å². The third-order valence-electron chi connectivity index (χ3n) is 13.5. The van der Waals surface area contributed by atoms with Crippen molar-refractivity contribution in [3.8, 4) is 0 Å². The lowest BCUT2D eigenvalue weighted by molar-refractivity contribution is -0.250. The van der Waals surface area contributed by atoms with Gasteiger partial charge in [0.2, 0.25) is 5.91 Å². The van der Waals surface area contributed by atoms with Gasteiger partial charge in [-0.05, 0) is 89.4 Å². The highest BCUT2D eigenvalue weighted by atomic mass is 16.2. The van der Waals surface area contributed by atoms with Crippen LogP contribution in [0.3, 0.4) is 0 Å². The van der Waals surface area contributed by atoms with Gasteiger partial charge < -0.3 is 0 Å². The Morgan fingerprint density at radius 2 is 1.63 bits per heavy atom. The van der Waals surface area contributed by atoms with Gasteiger partial charge in [0, 0.05) is 18.8 Å². The molecular formula is C30H46N2O3. The number of Topliss-reactive ketones (excluding diaryl/α,β-unsaturated/α-hetero) is 1. The van der Waals surface area contributed by atoms with Crippen LogP contribution in [-0.2, 0) is 14.4 Å². The predicted molar refractivity (Wildman–Crippen MR) is 137 cm³/mol. The highest BCUT2D eigenvalue weighted by Crippen LogP contribution is 2.75. The summed E-state index contributed by atoms with van der Waals surface area (Å²) in [6.45, 7) is 16.2. The third kappa shape index (κ3) is 3.00. The molecular weight excluding hydrogens is 436 g/mol. The van der Waals surface area contributed by atoms with Crippen molar-refractivity contribution in [2.75, 3.05) is 0 Å². The molecule has 0 heterocycles. The van der Waals surface area contributed by atoms with E-state index < -0.39 is 5.41 Å². The van der Waals surface area contributed by atoms with E-state index in [1.54, 1.807) is 6.08 Å². The molecule has 194 valence electrons. The Hall–Kier alpha value is -1.49. The van der Waals surface area contributed by atoms with Crippen molar-refractivity contribution in [3.63, 3.8) is 0 Å². The number of hydrazine groups is 1. The molecule has 9 atom stereocenters. The average Bonchev–Trinajstić information content (AvgIpc) is 2.80. The molecule has 0 radical (unpaired) electrons. The van der Waals surface area contributed by atoms with Gasteiger partial charge in [-0.1, -0.05) is 54.5 Å². The Morgan fingerprint density at radius 3 is 2.29 bits per heavy atom. The summed E-state index contributed by atoms with van der Waals surface area (Å²) < 4.78 is 0. The number of carbonyl (C=O) groups is 3. The highest BCUT2D eigenvalue weighted by Gasteiger charge is 2.74. The maximum Gasteiger partial charge on any atom is 0.240 e. The third-order valence-corrected chi connectivity index (χ3v) is 13.5. The number of rotatable bonds is 1. The fourth-order valence-electron chi connectivity index (χ4n) is 10.5. The topological polar surface area (TPSA) is 89.3 Å². The van der Waals surface area contributed by atoms with E-state index in [9.17, 15) is 14.4 Å². The number of carbonyl (C=O) groups excluding carboxylic acids is 3. The zero-order valence-electron chi connectivity index (χ0n) is 22.8. The van der Waals surface area contributed by atoms with Gasteiger partial charge in [-0.15, -0.1) is 0 Å². The highest BCUT2D eigenvalue weighted by molar-refractivity contribution is 5.91. The van der Waals surface area contributed by atoms with Crippen LogP contribution in [-0.4, -0.2) is 17.5 Å². The Kier molecular flexibility index (Phi) is 5.58. The smallest absolute Gasteiger partial charge is 0.240 e. The molecule has 0 saturated heterocycles. The molecule has 5 rings (SSSR count). The largest absolute Gasteiger partial charge is 0.299 e. The Labute approximate surface area is 211 Å². The molecule has 0 spiro atoms. The monoisotopic (exact) mass is 482 g/mol. The lowest BCUT2D eigenvalue weighted by Crippen LogP contribution is -2.73. The average molecular weight is 483 g/mol. The Balaban J connectivity index is 1.62. The summed E-state index contributed by atoms with van der Waals surface area (Å²) in [7, 11) is 0. The Bertz CT molecular complexity index is 978. The van der Waals surface area contributed by atoms with Crippen molar-refractivity contribution in [3.05, 3.63) is 12.2 Å². The van der Waals surface area contributed by atoms with Crippen molar-refractivity contribution in [1.29, 1.82) is 0 Å². The second kappa shape index (κ2) is 7.76. The molecule has 5 heteroatoms. The van der Waals surface area contributed by atoms with Gasteiger partial charge in [0.25, 0.3) is 0 Å². The second-order valence-corrected chi connectivity index (χ2v) is 14.5. The number of fused-ring (bicyclic) bond motifs is 7. The van der Waals surface area contributed by atoms with Gasteiger partial charge in [0.1, 0.15) is 5.78 Å². The van der Waals surface area contributed by atoms with Crippen molar-refractivity contribution >= 4 is 17.5 Å². The minimum absolute atomic E-state index is 0.0371. The number of ketones is 2. The summed E-state index contributed by atoms with van der Waals surface area (Å²) in [5.41, 5.74) is 1.52. The zero-order valence-corrected chi connectivity index (χ0v) is 22.8. The molecule has 4 fully saturated rings. The predicted octanol–water partition coefficient (Wildman–Crippen LogP) is 5.09. The summed E-state index contributed by atoms with van der Waals surface area (Å²) >= 11 is 0. The molecule has 4 saturated carbocycles. The summed E-state index contributed by atoms with van der Waals surface area (Å²) in [6.07, 6.45) is 9.04. The lowest BCUT2D eigenvalue weighted by atomic mass is 9.30. The quantitative estimate of drug-likeness (QED) is 0.309. The van der Waals surface area contributed by atoms with E-state index in [-0.39, 0.29) is 45.7 Å². The van der Waals surface area contributed by atoms with E-state index in [4.69, 9.17) is 5.84 Å². The van der Waals surface area contributed by atoms with E-state index in [0.717, 1.165) is 25.7 Å². The summed E-state index contributed by atoms with van der Waals surface area (Å²) in [6, 6.07) is 0. The second-order valence-electron chi connectivity index (χ2n) is 14.5. The van der Waals surface area contributed by atoms with Crippen molar-refractivity contribution in [1.82, 2.24) is 5.43 Å². The molecule has 5 aliphatic carbocycles. The van der Waals surface area contributed by atoms with Crippen LogP contribution >= 0.6 is 0 Å². The van der Waals surface area contributed by atoms with E-state index in [2.05, 4.69) is 60.0 Å². The minimum Gasteiger partial charge on any atom is -0.299 e. The standard InChI is InChI=1S/C30H46N2O3/c1-16-27(2,3)29(6,7)28(4,5)25-24-21(12-13-30(16,25)26(35)32-31)20-10-8-17-14-18(33)9-11-19(17)22(20)15-23(24)34/h9,11,16-17,19-22,24-25H,8,10,12-15,31H2,1-7H3,(H,32,35). The van der Waals surface area contributed by atoms with Crippen molar-refractivity contribution in [2.24, 2.45) is 74.8 Å². The lowest BCUT2D eigenvalue weighted by Gasteiger charge is -2.73. The van der Waals surface area contributed by atoms with Crippen LogP contribution in [0.5, 0.6) is 0 Å². The molecule has 9 unspecified atom stereocenters. The molecule has 3 N–H and O–H groups in total. The van der Waals surface area contributed by atoms with Gasteiger partial charge in [-0.3, -0.25) is 19.8 Å². The van der Waals surface area contributed by atoms with E-state index >= 15 is 0 Å². The van der Waals surface area contributed by atoms with Gasteiger partial charge in [-0.25, -0.2) is 5.84 Å². The van der Waals surface area contributed by atoms with Crippen LogP contribution in [0.1, 0.15) is 87.0 Å². The van der Waals surface area contributed by atoms with Crippen LogP contribution in [0.25, 0.3) is 0 Å². The van der Waals surface area contributed by atoms with Crippen LogP contribution in [0.4, 0.5) is 0 Å². The molecule has 1 amide bonds. The first-order valence-corrected chi connectivity index (χ1v) is 14.0. The number of hydrogen-bond acceptors (Lipinski definition) is 4. The molecule has 35 heavy (non-hydrogen) atoms. The van der Waals surface area contributed by atoms with Gasteiger partial charge in [0.05, 0.1) is 5.41 Å². The molecule has 5 aliphatic rings. The molecule has 0 bridgehead atoms. The SMILES string of the molecule is CC1C2(C(=O)NN)CCC3C4CCC5CC(=O)C=CC5C4CC(=O)C3C2C(C)(C)C(C)(C)C1(C)C. The number of hydrogen-bond donors (Lipinski definition) is 2. The summed E-state index contributed by atoms with van der Waals surface area (Å²) in [5, 5.41) is 0. The first-order chi connectivity index (χ1) is 16.2. The van der Waals surface area contributed by atoms with Gasteiger partial charge >= 0.3 is 0 Å². The van der Waals surface area contributed by atoms with Gasteiger partial charge in [0.15, 0.2) is 5.78 Å². The molecule has 0 aliphatic heterocycles. The van der Waals surface area contributed by atoms with Crippen LogP contribution in [0, 0.1) is 69.0 Å². The number of nitrogens with two attached hydrogens (primary N) is 1. The Morgan fingerprint density at radius 1 is 0.943 bits per heavy atom. The van der Waals surface area contributed by atoms with Crippen LogP contribution in [0.2, 0.25) is 0 Å². The summed E-state index contributed by atoms with van der Waals surface area (Å²) in [5.74, 6) is 8.29. The molecule has 0 aromatic heterocycles. The van der Waals surface area contributed by atoms with E-state index in [1.165, 1.54) is 0 Å². The zero-order chi connectivity index (χ0) is 25.7. The van der Waals surface area contributed by atoms with Gasteiger partial charge in [-0.2, -0.15) is 0 Å². The van der Waals surface area contributed by atoms with E-state index in [0.29, 0.717) is 48.2 Å². The number of nitrogens with one attached hydrogen (secondary N) is 1. The van der Waals surface area contributed by atoms with Crippen molar-refractivity contribution < 1.29 is 14.4 Å². The normalized spacial score (nSPS) is 47.1. The number of allylic oxidation sites excluding steroid dienone is 2.